The minimum atomic E-state index is -0.796. The third-order valence-corrected chi connectivity index (χ3v) is 3.02. The normalized spacial score (nSPS) is 21.4. The van der Waals surface area contributed by atoms with Gasteiger partial charge in [-0.2, -0.15) is 0 Å². The Balaban J connectivity index is 2.08. The van der Waals surface area contributed by atoms with Gasteiger partial charge in [-0.25, -0.2) is 0 Å². The van der Waals surface area contributed by atoms with Crippen molar-refractivity contribution in [2.24, 2.45) is 5.92 Å². The minimum Gasteiger partial charge on any atom is -0.481 e. The molecular formula is C13H25NO4. The van der Waals surface area contributed by atoms with E-state index in [4.69, 9.17) is 14.6 Å². The monoisotopic (exact) mass is 259 g/mol. The van der Waals surface area contributed by atoms with Crippen LogP contribution in [0.1, 0.15) is 26.7 Å². The standard InChI is InChI=1S/C13H25NO4/c1-11(2)3-6-17-7-4-14-5-8-18-12(10-14)9-13(15)16/h11-12H,3-10H2,1-2H3,(H,15,16). The fourth-order valence-electron chi connectivity index (χ4n) is 1.92. The molecule has 0 spiro atoms. The highest BCUT2D eigenvalue weighted by Crippen LogP contribution is 2.08. The van der Waals surface area contributed by atoms with Crippen molar-refractivity contribution < 1.29 is 19.4 Å². The lowest BCUT2D eigenvalue weighted by atomic mass is 10.1. The molecule has 0 bridgehead atoms. The number of nitrogens with zero attached hydrogens (tertiary/aromatic N) is 1. The molecule has 106 valence electrons. The first kappa shape index (κ1) is 15.4. The largest absolute Gasteiger partial charge is 0.481 e. The van der Waals surface area contributed by atoms with Crippen molar-refractivity contribution >= 4 is 5.97 Å². The van der Waals surface area contributed by atoms with Gasteiger partial charge in [0.25, 0.3) is 0 Å². The van der Waals surface area contributed by atoms with Gasteiger partial charge in [-0.15, -0.1) is 0 Å². The first-order chi connectivity index (χ1) is 8.58. The summed E-state index contributed by atoms with van der Waals surface area (Å²) < 4.78 is 11.0. The van der Waals surface area contributed by atoms with E-state index in [1.54, 1.807) is 0 Å². The van der Waals surface area contributed by atoms with Gasteiger partial charge in [-0.05, 0) is 12.3 Å². The lowest BCUT2D eigenvalue weighted by Crippen LogP contribution is -2.44. The first-order valence-corrected chi connectivity index (χ1v) is 6.71. The van der Waals surface area contributed by atoms with E-state index in [2.05, 4.69) is 18.7 Å². The van der Waals surface area contributed by atoms with E-state index < -0.39 is 5.97 Å². The van der Waals surface area contributed by atoms with Gasteiger partial charge in [-0.1, -0.05) is 13.8 Å². The topological polar surface area (TPSA) is 59.0 Å². The van der Waals surface area contributed by atoms with Crippen LogP contribution in [0.5, 0.6) is 0 Å². The van der Waals surface area contributed by atoms with Gasteiger partial charge >= 0.3 is 5.97 Å². The summed E-state index contributed by atoms with van der Waals surface area (Å²) in [7, 11) is 0. The van der Waals surface area contributed by atoms with Crippen molar-refractivity contribution in [1.82, 2.24) is 4.90 Å². The van der Waals surface area contributed by atoms with Crippen molar-refractivity contribution in [1.29, 1.82) is 0 Å². The molecule has 1 atom stereocenters. The average molecular weight is 259 g/mol. The molecule has 0 aromatic rings. The highest BCUT2D eigenvalue weighted by molar-refractivity contribution is 5.67. The van der Waals surface area contributed by atoms with Crippen LogP contribution < -0.4 is 0 Å². The summed E-state index contributed by atoms with van der Waals surface area (Å²) in [5.41, 5.74) is 0. The van der Waals surface area contributed by atoms with Crippen LogP contribution in [0.3, 0.4) is 0 Å². The van der Waals surface area contributed by atoms with Crippen LogP contribution in [0.4, 0.5) is 0 Å². The van der Waals surface area contributed by atoms with Gasteiger partial charge in [0, 0.05) is 26.2 Å². The summed E-state index contributed by atoms with van der Waals surface area (Å²) in [6.07, 6.45) is 1.00. The predicted octanol–water partition coefficient (Wildman–Crippen LogP) is 1.22. The summed E-state index contributed by atoms with van der Waals surface area (Å²) in [4.78, 5) is 12.8. The molecule has 1 unspecified atom stereocenters. The van der Waals surface area contributed by atoms with E-state index in [1.807, 2.05) is 0 Å². The third-order valence-electron chi connectivity index (χ3n) is 3.02. The first-order valence-electron chi connectivity index (χ1n) is 6.71. The van der Waals surface area contributed by atoms with Gasteiger partial charge in [0.15, 0.2) is 0 Å². The number of carbonyl (C=O) groups is 1. The molecule has 1 aliphatic heterocycles. The van der Waals surface area contributed by atoms with Crippen LogP contribution in [0.2, 0.25) is 0 Å². The van der Waals surface area contributed by atoms with E-state index in [0.717, 1.165) is 26.1 Å². The van der Waals surface area contributed by atoms with Crippen LogP contribution in [0.25, 0.3) is 0 Å². The highest BCUT2D eigenvalue weighted by Gasteiger charge is 2.22. The van der Waals surface area contributed by atoms with Gasteiger partial charge in [0.2, 0.25) is 0 Å². The number of rotatable bonds is 8. The molecule has 1 aliphatic rings. The highest BCUT2D eigenvalue weighted by atomic mass is 16.5. The summed E-state index contributed by atoms with van der Waals surface area (Å²) in [6.45, 7) is 8.92. The Kier molecular flexibility index (Phi) is 7.23. The zero-order chi connectivity index (χ0) is 13.4. The fourth-order valence-corrected chi connectivity index (χ4v) is 1.92. The number of aliphatic carboxylic acids is 1. The second-order valence-corrected chi connectivity index (χ2v) is 5.19. The van der Waals surface area contributed by atoms with Gasteiger partial charge in [0.05, 0.1) is 25.7 Å². The molecule has 0 amide bonds. The number of hydrogen-bond acceptors (Lipinski definition) is 4. The van der Waals surface area contributed by atoms with Crippen molar-refractivity contribution in [3.63, 3.8) is 0 Å². The molecule has 0 saturated carbocycles. The Morgan fingerprint density at radius 3 is 2.94 bits per heavy atom. The van der Waals surface area contributed by atoms with Gasteiger partial charge < -0.3 is 14.6 Å². The Bertz CT molecular complexity index is 245. The van der Waals surface area contributed by atoms with Gasteiger partial charge in [-0.3, -0.25) is 9.69 Å². The van der Waals surface area contributed by atoms with Crippen molar-refractivity contribution in [3.05, 3.63) is 0 Å². The summed E-state index contributed by atoms with van der Waals surface area (Å²) in [5, 5.41) is 8.73. The lowest BCUT2D eigenvalue weighted by Gasteiger charge is -2.32. The van der Waals surface area contributed by atoms with Crippen LogP contribution in [0, 0.1) is 5.92 Å². The smallest absolute Gasteiger partial charge is 0.306 e. The van der Waals surface area contributed by atoms with E-state index in [0.29, 0.717) is 25.7 Å². The fraction of sp³-hybridized carbons (Fsp3) is 0.923. The quantitative estimate of drug-likeness (QED) is 0.664. The molecule has 1 heterocycles. The van der Waals surface area contributed by atoms with E-state index in [1.165, 1.54) is 0 Å². The second-order valence-electron chi connectivity index (χ2n) is 5.19. The van der Waals surface area contributed by atoms with E-state index in [-0.39, 0.29) is 12.5 Å². The van der Waals surface area contributed by atoms with E-state index in [9.17, 15) is 4.79 Å². The summed E-state index contributed by atoms with van der Waals surface area (Å²) >= 11 is 0. The molecule has 5 heteroatoms. The second kappa shape index (κ2) is 8.45. The zero-order valence-electron chi connectivity index (χ0n) is 11.4. The van der Waals surface area contributed by atoms with Gasteiger partial charge in [0.1, 0.15) is 0 Å². The maximum absolute atomic E-state index is 10.6. The molecule has 1 N–H and O–H groups in total. The number of morpholine rings is 1. The Hall–Kier alpha value is -0.650. The molecule has 0 aromatic carbocycles. The van der Waals surface area contributed by atoms with Crippen LogP contribution >= 0.6 is 0 Å². The SMILES string of the molecule is CC(C)CCOCCN1CCOC(CC(=O)O)C1. The molecule has 18 heavy (non-hydrogen) atoms. The molecular weight excluding hydrogens is 234 g/mol. The van der Waals surface area contributed by atoms with Crippen molar-refractivity contribution in [3.8, 4) is 0 Å². The Morgan fingerprint density at radius 1 is 1.50 bits per heavy atom. The van der Waals surface area contributed by atoms with Crippen molar-refractivity contribution in [2.45, 2.75) is 32.8 Å². The van der Waals surface area contributed by atoms with Crippen molar-refractivity contribution in [2.75, 3.05) is 39.5 Å². The molecule has 0 aromatic heterocycles. The zero-order valence-corrected chi connectivity index (χ0v) is 11.4. The maximum atomic E-state index is 10.6. The third kappa shape index (κ3) is 6.93. The maximum Gasteiger partial charge on any atom is 0.306 e. The average Bonchev–Trinajstić information content (AvgIpc) is 2.27. The molecule has 0 radical (unpaired) electrons. The molecule has 1 saturated heterocycles. The number of hydrogen-bond donors (Lipinski definition) is 1. The number of carboxylic acid groups (broad SMARTS) is 1. The van der Waals surface area contributed by atoms with Crippen LogP contribution in [-0.2, 0) is 14.3 Å². The van der Waals surface area contributed by atoms with Crippen LogP contribution in [0.15, 0.2) is 0 Å². The lowest BCUT2D eigenvalue weighted by molar-refractivity contribution is -0.142. The number of ether oxygens (including phenoxy) is 2. The minimum absolute atomic E-state index is 0.0880. The predicted molar refractivity (Wildman–Crippen MR) is 68.7 cm³/mol. The molecule has 1 rings (SSSR count). The molecule has 0 aliphatic carbocycles. The number of carboxylic acids is 1. The molecule has 5 nitrogen and oxygen atoms in total. The van der Waals surface area contributed by atoms with E-state index >= 15 is 0 Å². The summed E-state index contributed by atoms with van der Waals surface area (Å²) in [6, 6.07) is 0. The van der Waals surface area contributed by atoms with Crippen LogP contribution in [-0.4, -0.2) is 61.5 Å². The summed E-state index contributed by atoms with van der Waals surface area (Å²) in [5.74, 6) is -0.122. The molecule has 1 fully saturated rings. The Morgan fingerprint density at radius 2 is 2.28 bits per heavy atom. The Labute approximate surface area is 109 Å².